The molecule has 0 atom stereocenters. The second-order valence-electron chi connectivity index (χ2n) is 6.55. The highest BCUT2D eigenvalue weighted by Crippen LogP contribution is 2.24. The molecule has 0 unspecified atom stereocenters. The number of benzene rings is 2. The maximum Gasteiger partial charge on any atom is 0.253 e. The molecule has 2 heterocycles. The Morgan fingerprint density at radius 1 is 1.10 bits per heavy atom. The molecule has 1 N–H and O–H groups in total. The van der Waals surface area contributed by atoms with Crippen LogP contribution in [0.25, 0.3) is 10.9 Å². The zero-order chi connectivity index (χ0) is 20.2. The van der Waals surface area contributed by atoms with E-state index in [9.17, 15) is 9.18 Å². The Kier molecular flexibility index (Phi) is 5.16. The van der Waals surface area contributed by atoms with Crippen LogP contribution in [0.3, 0.4) is 0 Å². The predicted octanol–water partition coefficient (Wildman–Crippen LogP) is 4.80. The first-order valence-electron chi connectivity index (χ1n) is 9.11. The summed E-state index contributed by atoms with van der Waals surface area (Å²) in [5.74, 6) is -0.213. The minimum atomic E-state index is -0.510. The number of amides is 1. The van der Waals surface area contributed by atoms with Gasteiger partial charge in [-0.3, -0.25) is 14.8 Å². The second kappa shape index (κ2) is 8.06. The standard InChI is InChI=1S/C23H18FN3O2/c1-15-19(12-17-5-2-3-7-21(17)27-15)23(28)26-13-16-8-9-22(20(24)11-16)29-18-6-4-10-25-14-18/h2-12,14H,13H2,1H3,(H,26,28). The summed E-state index contributed by atoms with van der Waals surface area (Å²) >= 11 is 0. The molecule has 0 radical (unpaired) electrons. The van der Waals surface area contributed by atoms with Gasteiger partial charge in [0.15, 0.2) is 11.6 Å². The molecule has 4 aromatic rings. The fourth-order valence-electron chi connectivity index (χ4n) is 2.99. The number of rotatable bonds is 5. The van der Waals surface area contributed by atoms with Gasteiger partial charge in [0, 0.05) is 18.1 Å². The van der Waals surface area contributed by atoms with Gasteiger partial charge in [0.2, 0.25) is 0 Å². The van der Waals surface area contributed by atoms with Crippen molar-refractivity contribution in [3.8, 4) is 11.5 Å². The molecule has 0 spiro atoms. The lowest BCUT2D eigenvalue weighted by Gasteiger charge is -2.10. The van der Waals surface area contributed by atoms with E-state index in [-0.39, 0.29) is 18.2 Å². The van der Waals surface area contributed by atoms with Gasteiger partial charge in [0.05, 0.1) is 23.0 Å². The lowest BCUT2D eigenvalue weighted by Crippen LogP contribution is -2.24. The summed E-state index contributed by atoms with van der Waals surface area (Å²) in [5, 5.41) is 3.72. The molecule has 2 aromatic heterocycles. The smallest absolute Gasteiger partial charge is 0.253 e. The summed E-state index contributed by atoms with van der Waals surface area (Å²) in [5.41, 5.74) is 2.61. The van der Waals surface area contributed by atoms with Crippen molar-refractivity contribution in [1.82, 2.24) is 15.3 Å². The minimum absolute atomic E-state index is 0.0997. The third kappa shape index (κ3) is 4.21. The molecule has 5 nitrogen and oxygen atoms in total. The van der Waals surface area contributed by atoms with E-state index < -0.39 is 5.82 Å². The molecule has 2 aromatic carbocycles. The molecule has 0 bridgehead atoms. The summed E-state index contributed by atoms with van der Waals surface area (Å²) in [7, 11) is 0. The van der Waals surface area contributed by atoms with Crippen molar-refractivity contribution in [1.29, 1.82) is 0 Å². The van der Waals surface area contributed by atoms with E-state index in [1.54, 1.807) is 31.3 Å². The molecular weight excluding hydrogens is 369 g/mol. The zero-order valence-corrected chi connectivity index (χ0v) is 15.7. The molecule has 1 amide bonds. The number of hydrogen-bond donors (Lipinski definition) is 1. The number of pyridine rings is 2. The number of carbonyl (C=O) groups is 1. The van der Waals surface area contributed by atoms with Gasteiger partial charge in [-0.15, -0.1) is 0 Å². The molecule has 0 aliphatic heterocycles. The number of ether oxygens (including phenoxy) is 1. The first-order valence-corrected chi connectivity index (χ1v) is 9.11. The van der Waals surface area contributed by atoms with Gasteiger partial charge in [-0.05, 0) is 48.9 Å². The van der Waals surface area contributed by atoms with Gasteiger partial charge in [-0.2, -0.15) is 0 Å². The van der Waals surface area contributed by atoms with Crippen LogP contribution in [0.2, 0.25) is 0 Å². The summed E-state index contributed by atoms with van der Waals surface area (Å²) < 4.78 is 19.8. The predicted molar refractivity (Wildman–Crippen MR) is 108 cm³/mol. The van der Waals surface area contributed by atoms with Crippen molar-refractivity contribution in [2.45, 2.75) is 13.5 Å². The molecule has 29 heavy (non-hydrogen) atoms. The Labute approximate surface area is 167 Å². The summed E-state index contributed by atoms with van der Waals surface area (Å²) in [6, 6.07) is 17.4. The molecule has 144 valence electrons. The molecule has 6 heteroatoms. The van der Waals surface area contributed by atoms with Crippen molar-refractivity contribution in [3.63, 3.8) is 0 Å². The molecule has 0 aliphatic rings. The number of para-hydroxylation sites is 1. The molecule has 0 saturated heterocycles. The number of nitrogens with one attached hydrogen (secondary N) is 1. The Balaban J connectivity index is 1.45. The highest BCUT2D eigenvalue weighted by molar-refractivity contribution is 5.98. The number of hydrogen-bond acceptors (Lipinski definition) is 4. The SMILES string of the molecule is Cc1nc2ccccc2cc1C(=O)NCc1ccc(Oc2cccnc2)c(F)c1. The summed E-state index contributed by atoms with van der Waals surface area (Å²) in [6.45, 7) is 1.99. The topological polar surface area (TPSA) is 64.1 Å². The van der Waals surface area contributed by atoms with Gasteiger partial charge >= 0.3 is 0 Å². The van der Waals surface area contributed by atoms with Crippen molar-refractivity contribution in [2.24, 2.45) is 0 Å². The van der Waals surface area contributed by atoms with Gasteiger partial charge in [0.1, 0.15) is 5.75 Å². The number of fused-ring (bicyclic) bond motifs is 1. The van der Waals surface area contributed by atoms with Crippen LogP contribution in [0.4, 0.5) is 4.39 Å². The molecule has 0 saturated carbocycles. The van der Waals surface area contributed by atoms with Crippen LogP contribution < -0.4 is 10.1 Å². The number of nitrogens with zero attached hydrogens (tertiary/aromatic N) is 2. The number of aromatic nitrogens is 2. The van der Waals surface area contributed by atoms with Crippen LogP contribution in [-0.4, -0.2) is 15.9 Å². The average Bonchev–Trinajstić information content (AvgIpc) is 2.74. The molecular formula is C23H18FN3O2. The van der Waals surface area contributed by atoms with Gasteiger partial charge < -0.3 is 10.1 Å². The van der Waals surface area contributed by atoms with Crippen molar-refractivity contribution in [3.05, 3.63) is 95.7 Å². The second-order valence-corrected chi connectivity index (χ2v) is 6.55. The van der Waals surface area contributed by atoms with E-state index in [0.29, 0.717) is 22.6 Å². The van der Waals surface area contributed by atoms with Crippen LogP contribution in [0.1, 0.15) is 21.6 Å². The zero-order valence-electron chi connectivity index (χ0n) is 15.7. The fraction of sp³-hybridized carbons (Fsp3) is 0.0870. The largest absolute Gasteiger partial charge is 0.453 e. The highest BCUT2D eigenvalue weighted by Gasteiger charge is 2.12. The van der Waals surface area contributed by atoms with Crippen molar-refractivity contribution in [2.75, 3.05) is 0 Å². The van der Waals surface area contributed by atoms with Gasteiger partial charge in [0.25, 0.3) is 5.91 Å². The maximum atomic E-state index is 14.4. The Morgan fingerprint density at radius 2 is 1.97 bits per heavy atom. The van der Waals surface area contributed by atoms with Gasteiger partial charge in [-0.1, -0.05) is 24.3 Å². The number of carbonyl (C=O) groups excluding carboxylic acids is 1. The first kappa shape index (κ1) is 18.6. The first-order chi connectivity index (χ1) is 14.1. The van der Waals surface area contributed by atoms with Crippen LogP contribution in [0.15, 0.2) is 73.1 Å². The fourth-order valence-corrected chi connectivity index (χ4v) is 2.99. The Bertz CT molecular complexity index is 1180. The summed E-state index contributed by atoms with van der Waals surface area (Å²) in [6.07, 6.45) is 3.12. The van der Waals surface area contributed by atoms with Crippen LogP contribution in [-0.2, 0) is 6.54 Å². The van der Waals surface area contributed by atoms with Crippen molar-refractivity contribution >= 4 is 16.8 Å². The Hall–Kier alpha value is -3.80. The van der Waals surface area contributed by atoms with E-state index >= 15 is 0 Å². The lowest BCUT2D eigenvalue weighted by atomic mass is 10.1. The quantitative estimate of drug-likeness (QED) is 0.534. The van der Waals surface area contributed by atoms with Crippen LogP contribution in [0, 0.1) is 12.7 Å². The van der Waals surface area contributed by atoms with E-state index in [4.69, 9.17) is 4.74 Å². The van der Waals surface area contributed by atoms with E-state index in [1.165, 1.54) is 18.3 Å². The number of aryl methyl sites for hydroxylation is 1. The molecule has 0 fully saturated rings. The monoisotopic (exact) mass is 387 g/mol. The number of halogens is 1. The van der Waals surface area contributed by atoms with Crippen LogP contribution in [0.5, 0.6) is 11.5 Å². The minimum Gasteiger partial charge on any atom is -0.453 e. The van der Waals surface area contributed by atoms with Gasteiger partial charge in [-0.25, -0.2) is 4.39 Å². The summed E-state index contributed by atoms with van der Waals surface area (Å²) in [4.78, 5) is 21.0. The molecule has 0 aliphatic carbocycles. The highest BCUT2D eigenvalue weighted by atomic mass is 19.1. The van der Waals surface area contributed by atoms with Crippen LogP contribution >= 0.6 is 0 Å². The maximum absolute atomic E-state index is 14.4. The Morgan fingerprint density at radius 3 is 2.76 bits per heavy atom. The normalized spacial score (nSPS) is 10.7. The van der Waals surface area contributed by atoms with E-state index in [2.05, 4.69) is 15.3 Å². The van der Waals surface area contributed by atoms with E-state index in [0.717, 1.165) is 10.9 Å². The van der Waals surface area contributed by atoms with E-state index in [1.807, 2.05) is 30.3 Å². The lowest BCUT2D eigenvalue weighted by molar-refractivity contribution is 0.0950. The average molecular weight is 387 g/mol. The third-order valence-electron chi connectivity index (χ3n) is 4.47. The third-order valence-corrected chi connectivity index (χ3v) is 4.47. The van der Waals surface area contributed by atoms with Crippen molar-refractivity contribution < 1.29 is 13.9 Å². The molecule has 4 rings (SSSR count).